The lowest BCUT2D eigenvalue weighted by Gasteiger charge is -2.46. The van der Waals surface area contributed by atoms with Crippen LogP contribution in [0.5, 0.6) is 0 Å². The van der Waals surface area contributed by atoms with Gasteiger partial charge >= 0.3 is 5.63 Å². The van der Waals surface area contributed by atoms with Crippen LogP contribution in [-0.4, -0.2) is 53.4 Å². The van der Waals surface area contributed by atoms with Gasteiger partial charge in [0.05, 0.1) is 6.61 Å². The second kappa shape index (κ2) is 10.5. The molecule has 2 aromatic carbocycles. The van der Waals surface area contributed by atoms with Crippen molar-refractivity contribution in [1.82, 2.24) is 5.32 Å². The van der Waals surface area contributed by atoms with Crippen molar-refractivity contribution in [2.24, 2.45) is 0 Å². The number of rotatable bonds is 2. The van der Waals surface area contributed by atoms with Crippen LogP contribution in [0.4, 0.5) is 0 Å². The minimum atomic E-state index is -1.30. The van der Waals surface area contributed by atoms with Crippen molar-refractivity contribution in [1.29, 1.82) is 0 Å². The highest BCUT2D eigenvalue weighted by Crippen LogP contribution is 2.33. The summed E-state index contributed by atoms with van der Waals surface area (Å²) in [5.41, 5.74) is 2.16. The lowest BCUT2D eigenvalue weighted by molar-refractivity contribution is -0.337. The highest BCUT2D eigenvalue weighted by atomic mass is 16.7. The Balaban J connectivity index is 0.000000192. The molecule has 0 spiro atoms. The molecule has 3 heterocycles. The second-order valence-corrected chi connectivity index (χ2v) is 8.20. The molecule has 2 aliphatic heterocycles. The summed E-state index contributed by atoms with van der Waals surface area (Å²) in [7, 11) is 0. The number of aliphatic hydroxyl groups excluding tert-OH is 2. The topological polar surface area (TPSA) is 127 Å². The van der Waals surface area contributed by atoms with Gasteiger partial charge in [-0.25, -0.2) is 4.79 Å². The molecule has 0 aliphatic carbocycles. The van der Waals surface area contributed by atoms with Crippen LogP contribution in [0, 0.1) is 6.92 Å². The zero-order chi connectivity index (χ0) is 24.2. The normalized spacial score (nSPS) is 28.4. The third-order valence-electron chi connectivity index (χ3n) is 5.68. The van der Waals surface area contributed by atoms with Crippen molar-refractivity contribution >= 4 is 16.9 Å². The van der Waals surface area contributed by atoms with Crippen LogP contribution < -0.4 is 10.9 Å². The summed E-state index contributed by atoms with van der Waals surface area (Å²) < 4.78 is 21.8. The largest absolute Gasteiger partial charge is 0.423 e. The molecule has 3 aromatic rings. The molecule has 1 aromatic heterocycles. The summed E-state index contributed by atoms with van der Waals surface area (Å²) >= 11 is 0. The number of para-hydroxylation sites is 1. The van der Waals surface area contributed by atoms with E-state index in [9.17, 15) is 19.8 Å². The number of nitrogens with one attached hydrogen (secondary N) is 1. The molecule has 0 saturated carbocycles. The van der Waals surface area contributed by atoms with Crippen molar-refractivity contribution in [2.75, 3.05) is 6.61 Å². The van der Waals surface area contributed by atoms with E-state index in [-0.39, 0.29) is 18.1 Å². The first kappa shape index (κ1) is 24.1. The Morgan fingerprint density at radius 1 is 1.03 bits per heavy atom. The average molecular weight is 469 g/mol. The summed E-state index contributed by atoms with van der Waals surface area (Å²) in [6.45, 7) is 3.40. The molecule has 3 N–H and O–H groups in total. The van der Waals surface area contributed by atoms with E-state index in [1.165, 1.54) is 13.0 Å². The van der Waals surface area contributed by atoms with Gasteiger partial charge in [-0.15, -0.1) is 0 Å². The molecule has 1 amide bonds. The molecule has 5 rings (SSSR count). The Morgan fingerprint density at radius 2 is 1.74 bits per heavy atom. The summed E-state index contributed by atoms with van der Waals surface area (Å²) in [4.78, 5) is 22.1. The van der Waals surface area contributed by atoms with Crippen LogP contribution in [0.15, 0.2) is 69.9 Å². The lowest BCUT2D eigenvalue weighted by atomic mass is 9.96. The van der Waals surface area contributed by atoms with Gasteiger partial charge in [-0.05, 0) is 18.6 Å². The van der Waals surface area contributed by atoms with Crippen molar-refractivity contribution < 1.29 is 33.6 Å². The first-order valence-electron chi connectivity index (χ1n) is 10.9. The highest BCUT2D eigenvalue weighted by molar-refractivity contribution is 5.79. The molecule has 2 fully saturated rings. The number of carbonyl (C=O) groups excluding carboxylic acids is 1. The van der Waals surface area contributed by atoms with Gasteiger partial charge in [0.15, 0.2) is 12.6 Å². The maximum absolute atomic E-state index is 11.2. The van der Waals surface area contributed by atoms with Gasteiger partial charge in [-0.3, -0.25) is 4.79 Å². The smallest absolute Gasteiger partial charge is 0.336 e. The molecule has 2 unspecified atom stereocenters. The minimum Gasteiger partial charge on any atom is -0.423 e. The first-order chi connectivity index (χ1) is 16.3. The minimum absolute atomic E-state index is 0.186. The van der Waals surface area contributed by atoms with Crippen molar-refractivity contribution in [3.05, 3.63) is 82.2 Å². The number of hydrogen-bond acceptors (Lipinski definition) is 8. The predicted octanol–water partition coefficient (Wildman–Crippen LogP) is 1.78. The summed E-state index contributed by atoms with van der Waals surface area (Å²) in [6, 6.07) is 17.4. The van der Waals surface area contributed by atoms with E-state index in [0.717, 1.165) is 16.5 Å². The quantitative estimate of drug-likeness (QED) is 0.485. The van der Waals surface area contributed by atoms with Crippen LogP contribution in [0.1, 0.15) is 24.3 Å². The van der Waals surface area contributed by atoms with E-state index >= 15 is 0 Å². The van der Waals surface area contributed by atoms with Gasteiger partial charge in [-0.2, -0.15) is 0 Å². The molecule has 2 aliphatic rings. The van der Waals surface area contributed by atoms with Gasteiger partial charge in [0, 0.05) is 23.9 Å². The van der Waals surface area contributed by atoms with Gasteiger partial charge in [0.1, 0.15) is 29.9 Å². The number of fused-ring (bicyclic) bond motifs is 2. The number of ether oxygens (including phenoxy) is 3. The van der Waals surface area contributed by atoms with Crippen LogP contribution in [0.3, 0.4) is 0 Å². The van der Waals surface area contributed by atoms with Crippen LogP contribution in [-0.2, 0) is 19.0 Å². The Labute approximate surface area is 195 Å². The number of amides is 1. The molecule has 2 saturated heterocycles. The van der Waals surface area contributed by atoms with E-state index in [0.29, 0.717) is 5.58 Å². The van der Waals surface area contributed by atoms with E-state index in [4.69, 9.17) is 18.6 Å². The number of aryl methyl sites for hydroxylation is 1. The van der Waals surface area contributed by atoms with E-state index in [1.807, 2.05) is 55.5 Å². The SMILES string of the molecule is CC(=O)N[C@H]1C(O)O[C@@H]2COC(c3ccccc3)O[C@H]2[C@@H]1O.Cc1cc(=O)oc2ccccc12. The molecule has 0 radical (unpaired) electrons. The van der Waals surface area contributed by atoms with Crippen molar-refractivity contribution in [2.45, 2.75) is 50.8 Å². The van der Waals surface area contributed by atoms with E-state index < -0.39 is 36.9 Å². The second-order valence-electron chi connectivity index (χ2n) is 8.20. The summed E-state index contributed by atoms with van der Waals surface area (Å²) in [5, 5.41) is 23.8. The van der Waals surface area contributed by atoms with Crippen molar-refractivity contribution in [3.63, 3.8) is 0 Å². The van der Waals surface area contributed by atoms with E-state index in [1.54, 1.807) is 6.07 Å². The monoisotopic (exact) mass is 469 g/mol. The van der Waals surface area contributed by atoms with Gasteiger partial charge in [0.2, 0.25) is 5.91 Å². The number of hydrogen-bond donors (Lipinski definition) is 3. The third kappa shape index (κ3) is 5.35. The maximum atomic E-state index is 11.2. The van der Waals surface area contributed by atoms with Crippen LogP contribution in [0.25, 0.3) is 11.0 Å². The molecule has 9 nitrogen and oxygen atoms in total. The molecule has 0 bridgehead atoms. The molecule has 180 valence electrons. The molecular weight excluding hydrogens is 442 g/mol. The lowest BCUT2D eigenvalue weighted by Crippen LogP contribution is -2.66. The summed E-state index contributed by atoms with van der Waals surface area (Å²) in [5.74, 6) is -0.364. The van der Waals surface area contributed by atoms with Crippen molar-refractivity contribution in [3.8, 4) is 0 Å². The predicted molar refractivity (Wildman–Crippen MR) is 122 cm³/mol. The molecule has 9 heteroatoms. The fourth-order valence-corrected chi connectivity index (χ4v) is 4.05. The number of benzene rings is 2. The standard InChI is InChI=1S/C15H19NO6.C10H8O2/c1-8(17)16-11-12(18)13-10(21-14(11)19)7-20-15(22-13)9-5-3-2-4-6-9;1-7-6-10(11)12-9-5-3-2-4-8(7)9/h2-6,10-15,18-19H,7H2,1H3,(H,16,17);2-6H,1H3/t10-,11-,12-,13-,14?,15?;/m1./s1. The fraction of sp³-hybridized carbons (Fsp3) is 0.360. The average Bonchev–Trinajstić information content (AvgIpc) is 2.82. The van der Waals surface area contributed by atoms with Crippen LogP contribution >= 0.6 is 0 Å². The van der Waals surface area contributed by atoms with Gasteiger partial charge in [0.25, 0.3) is 0 Å². The van der Waals surface area contributed by atoms with Crippen LogP contribution in [0.2, 0.25) is 0 Å². The zero-order valence-corrected chi connectivity index (χ0v) is 18.8. The molecule has 34 heavy (non-hydrogen) atoms. The van der Waals surface area contributed by atoms with Gasteiger partial charge in [-0.1, -0.05) is 48.5 Å². The fourth-order valence-electron chi connectivity index (χ4n) is 4.05. The van der Waals surface area contributed by atoms with E-state index in [2.05, 4.69) is 5.32 Å². The maximum Gasteiger partial charge on any atom is 0.336 e. The third-order valence-corrected chi connectivity index (χ3v) is 5.68. The zero-order valence-electron chi connectivity index (χ0n) is 18.8. The number of carbonyl (C=O) groups is 1. The summed E-state index contributed by atoms with van der Waals surface area (Å²) in [6.07, 6.45) is -4.29. The Hall–Kier alpha value is -3.08. The molecule has 6 atom stereocenters. The van der Waals surface area contributed by atoms with Gasteiger partial charge < -0.3 is 34.2 Å². The first-order valence-corrected chi connectivity index (χ1v) is 10.9. The Kier molecular flexibility index (Phi) is 7.40. The number of aliphatic hydroxyl groups is 2. The Bertz CT molecular complexity index is 1180. The molecular formula is C25H27NO8. The highest BCUT2D eigenvalue weighted by Gasteiger charge is 2.49. The Morgan fingerprint density at radius 3 is 2.47 bits per heavy atom.